The number of benzene rings is 1. The van der Waals surface area contributed by atoms with E-state index in [1.807, 2.05) is 6.20 Å². The molecule has 0 atom stereocenters. The van der Waals surface area contributed by atoms with Gasteiger partial charge in [0.1, 0.15) is 0 Å². The molecule has 2 aromatic heterocycles. The van der Waals surface area contributed by atoms with E-state index in [1.54, 1.807) is 11.3 Å². The molecule has 3 heterocycles. The smallest absolute Gasteiger partial charge is 0.0737 e. The Morgan fingerprint density at radius 3 is 2.73 bits per heavy atom. The van der Waals surface area contributed by atoms with Crippen molar-refractivity contribution in [2.75, 3.05) is 38.1 Å². The van der Waals surface area contributed by atoms with Gasteiger partial charge in [-0.3, -0.25) is 4.98 Å². The molecule has 1 fully saturated rings. The molecule has 1 aliphatic heterocycles. The van der Waals surface area contributed by atoms with E-state index in [4.69, 9.17) is 0 Å². The highest BCUT2D eigenvalue weighted by atomic mass is 32.1. The minimum atomic E-state index is 1.08. The number of thiophene rings is 1. The first-order valence-electron chi connectivity index (χ1n) is 7.67. The van der Waals surface area contributed by atoms with Crippen LogP contribution in [0, 0.1) is 0 Å². The summed E-state index contributed by atoms with van der Waals surface area (Å²) in [6.45, 7) is 4.42. The molecule has 112 valence electrons. The molecule has 0 aliphatic carbocycles. The fourth-order valence-corrected chi connectivity index (χ4v) is 3.96. The summed E-state index contributed by atoms with van der Waals surface area (Å²) < 4.78 is 1.32. The lowest BCUT2D eigenvalue weighted by Crippen LogP contribution is -2.44. The van der Waals surface area contributed by atoms with E-state index in [2.05, 4.69) is 63.6 Å². The zero-order chi connectivity index (χ0) is 14.9. The molecule has 4 rings (SSSR count). The van der Waals surface area contributed by atoms with Gasteiger partial charge in [-0.2, -0.15) is 0 Å². The van der Waals surface area contributed by atoms with Gasteiger partial charge >= 0.3 is 0 Å². The quantitative estimate of drug-likeness (QED) is 0.719. The van der Waals surface area contributed by atoms with Crippen molar-refractivity contribution in [2.24, 2.45) is 0 Å². The second-order valence-corrected chi connectivity index (χ2v) is 6.75. The lowest BCUT2D eigenvalue weighted by atomic mass is 10.1. The van der Waals surface area contributed by atoms with Crippen LogP contribution in [0.4, 0.5) is 5.69 Å². The Labute approximate surface area is 134 Å². The molecule has 1 aliphatic rings. The largest absolute Gasteiger partial charge is 0.369 e. The Hall–Kier alpha value is -1.91. The van der Waals surface area contributed by atoms with Crippen molar-refractivity contribution in [1.29, 1.82) is 0 Å². The molecular formula is C18H19N3S. The molecular weight excluding hydrogens is 290 g/mol. The van der Waals surface area contributed by atoms with Crippen LogP contribution >= 0.6 is 11.3 Å². The Kier molecular flexibility index (Phi) is 3.56. The lowest BCUT2D eigenvalue weighted by Gasteiger charge is -2.34. The van der Waals surface area contributed by atoms with Crippen LogP contribution in [0.1, 0.15) is 0 Å². The predicted octanol–water partition coefficient (Wildman–Crippen LogP) is 3.72. The molecule has 4 heteroatoms. The third kappa shape index (κ3) is 2.49. The van der Waals surface area contributed by atoms with Crippen molar-refractivity contribution in [3.8, 4) is 11.3 Å². The molecule has 3 aromatic rings. The molecule has 1 aromatic carbocycles. The molecule has 0 N–H and O–H groups in total. The van der Waals surface area contributed by atoms with Gasteiger partial charge < -0.3 is 9.80 Å². The van der Waals surface area contributed by atoms with E-state index in [0.29, 0.717) is 0 Å². The van der Waals surface area contributed by atoms with Gasteiger partial charge in [-0.15, -0.1) is 11.3 Å². The van der Waals surface area contributed by atoms with Crippen LogP contribution in [-0.4, -0.2) is 43.1 Å². The van der Waals surface area contributed by atoms with Crippen LogP contribution in [0.2, 0.25) is 0 Å². The van der Waals surface area contributed by atoms with Crippen molar-refractivity contribution in [3.63, 3.8) is 0 Å². The minimum absolute atomic E-state index is 1.08. The summed E-state index contributed by atoms with van der Waals surface area (Å²) in [7, 11) is 2.19. The van der Waals surface area contributed by atoms with E-state index in [1.165, 1.54) is 21.3 Å². The van der Waals surface area contributed by atoms with E-state index in [-0.39, 0.29) is 0 Å². The zero-order valence-electron chi connectivity index (χ0n) is 12.7. The number of likely N-dealkylation sites (N-methyl/N-ethyl adjacent to an activating group) is 1. The topological polar surface area (TPSA) is 19.4 Å². The van der Waals surface area contributed by atoms with Gasteiger partial charge in [0.2, 0.25) is 0 Å². The average Bonchev–Trinajstić information content (AvgIpc) is 3.00. The number of hydrogen-bond donors (Lipinski definition) is 0. The molecule has 1 saturated heterocycles. The van der Waals surface area contributed by atoms with E-state index in [9.17, 15) is 0 Å². The maximum absolute atomic E-state index is 4.61. The average molecular weight is 309 g/mol. The third-order valence-electron chi connectivity index (χ3n) is 4.37. The standard InChI is InChI=1S/C18H19N3S/c1-20-8-10-21(11-9-20)14-6-7-19-17(12-14)16-13-22-18-5-3-2-4-15(16)18/h2-7,12-13H,8-11H2,1H3. The van der Waals surface area contributed by atoms with Crippen molar-refractivity contribution in [3.05, 3.63) is 48.0 Å². The Morgan fingerprint density at radius 1 is 1.05 bits per heavy atom. The van der Waals surface area contributed by atoms with Crippen molar-refractivity contribution >= 4 is 27.1 Å². The predicted molar refractivity (Wildman–Crippen MR) is 94.8 cm³/mol. The highest BCUT2D eigenvalue weighted by Gasteiger charge is 2.15. The Morgan fingerprint density at radius 2 is 1.86 bits per heavy atom. The minimum Gasteiger partial charge on any atom is -0.369 e. The first-order valence-corrected chi connectivity index (χ1v) is 8.55. The monoisotopic (exact) mass is 309 g/mol. The van der Waals surface area contributed by atoms with Crippen molar-refractivity contribution in [1.82, 2.24) is 9.88 Å². The van der Waals surface area contributed by atoms with Gasteiger partial charge in [0.05, 0.1) is 5.69 Å². The van der Waals surface area contributed by atoms with Gasteiger partial charge in [0, 0.05) is 59.1 Å². The SMILES string of the molecule is CN1CCN(c2ccnc(-c3csc4ccccc34)c2)CC1. The molecule has 0 bridgehead atoms. The summed E-state index contributed by atoms with van der Waals surface area (Å²) in [6.07, 6.45) is 1.94. The van der Waals surface area contributed by atoms with Crippen LogP contribution in [0.15, 0.2) is 48.0 Å². The second kappa shape index (κ2) is 5.71. The van der Waals surface area contributed by atoms with E-state index in [0.717, 1.165) is 31.9 Å². The fraction of sp³-hybridized carbons (Fsp3) is 0.278. The Balaban J connectivity index is 1.70. The number of aromatic nitrogens is 1. The molecule has 3 nitrogen and oxygen atoms in total. The molecule has 0 unspecified atom stereocenters. The third-order valence-corrected chi connectivity index (χ3v) is 5.33. The van der Waals surface area contributed by atoms with Gasteiger partial charge in [-0.05, 0) is 25.2 Å². The summed E-state index contributed by atoms with van der Waals surface area (Å²) >= 11 is 1.79. The van der Waals surface area contributed by atoms with Crippen LogP contribution in [0.3, 0.4) is 0 Å². The lowest BCUT2D eigenvalue weighted by molar-refractivity contribution is 0.313. The van der Waals surface area contributed by atoms with Crippen LogP contribution < -0.4 is 4.90 Å². The van der Waals surface area contributed by atoms with E-state index >= 15 is 0 Å². The number of nitrogens with zero attached hydrogens (tertiary/aromatic N) is 3. The number of piperazine rings is 1. The van der Waals surface area contributed by atoms with Crippen LogP contribution in [0.25, 0.3) is 21.3 Å². The fourth-order valence-electron chi connectivity index (χ4n) is 3.00. The maximum Gasteiger partial charge on any atom is 0.0737 e. The normalized spacial score (nSPS) is 16.3. The van der Waals surface area contributed by atoms with E-state index < -0.39 is 0 Å². The summed E-state index contributed by atoms with van der Waals surface area (Å²) in [6, 6.07) is 12.9. The molecule has 22 heavy (non-hydrogen) atoms. The number of fused-ring (bicyclic) bond motifs is 1. The van der Waals surface area contributed by atoms with Crippen LogP contribution in [0.5, 0.6) is 0 Å². The zero-order valence-corrected chi connectivity index (χ0v) is 13.5. The number of pyridine rings is 1. The number of anilines is 1. The van der Waals surface area contributed by atoms with Gasteiger partial charge in [0.25, 0.3) is 0 Å². The van der Waals surface area contributed by atoms with Crippen molar-refractivity contribution < 1.29 is 0 Å². The first kappa shape index (κ1) is 13.7. The van der Waals surface area contributed by atoms with Crippen molar-refractivity contribution in [2.45, 2.75) is 0 Å². The molecule has 0 saturated carbocycles. The highest BCUT2D eigenvalue weighted by molar-refractivity contribution is 7.17. The summed E-state index contributed by atoms with van der Waals surface area (Å²) in [5, 5.41) is 3.52. The molecule has 0 amide bonds. The van der Waals surface area contributed by atoms with Crippen LogP contribution in [-0.2, 0) is 0 Å². The number of rotatable bonds is 2. The Bertz CT molecular complexity index is 788. The highest BCUT2D eigenvalue weighted by Crippen LogP contribution is 2.34. The summed E-state index contributed by atoms with van der Waals surface area (Å²) in [5.74, 6) is 0. The summed E-state index contributed by atoms with van der Waals surface area (Å²) in [5.41, 5.74) is 3.61. The summed E-state index contributed by atoms with van der Waals surface area (Å²) in [4.78, 5) is 9.45. The maximum atomic E-state index is 4.61. The first-order chi connectivity index (χ1) is 10.8. The number of hydrogen-bond acceptors (Lipinski definition) is 4. The van der Waals surface area contributed by atoms with Gasteiger partial charge in [-0.25, -0.2) is 0 Å². The van der Waals surface area contributed by atoms with Gasteiger partial charge in [-0.1, -0.05) is 18.2 Å². The van der Waals surface area contributed by atoms with Gasteiger partial charge in [0.15, 0.2) is 0 Å². The molecule has 0 radical (unpaired) electrons. The second-order valence-electron chi connectivity index (χ2n) is 5.84. The molecule has 0 spiro atoms.